The molecule has 0 amide bonds. The van der Waals surface area contributed by atoms with Gasteiger partial charge in [0.25, 0.3) is 0 Å². The Hall–Kier alpha value is -1.45. The van der Waals surface area contributed by atoms with Gasteiger partial charge in [-0.15, -0.1) is 11.8 Å². The standard InChI is InChI=1S/C18H21NOS/c1-13(19)9-14-5-4-6-16(10-14)20-11-15-12-21-18-8-3-2-7-17(15)18/h2-8,10,13,15H,9,11-12,19H2,1H3. The van der Waals surface area contributed by atoms with Gasteiger partial charge in [0.15, 0.2) is 0 Å². The summed E-state index contributed by atoms with van der Waals surface area (Å²) in [5.41, 5.74) is 8.52. The van der Waals surface area contributed by atoms with Gasteiger partial charge in [-0.25, -0.2) is 0 Å². The molecule has 2 unspecified atom stereocenters. The third kappa shape index (κ3) is 3.60. The van der Waals surface area contributed by atoms with Crippen molar-refractivity contribution in [2.75, 3.05) is 12.4 Å². The van der Waals surface area contributed by atoms with Crippen LogP contribution in [0.3, 0.4) is 0 Å². The van der Waals surface area contributed by atoms with Crippen molar-refractivity contribution < 1.29 is 4.74 Å². The van der Waals surface area contributed by atoms with Crippen LogP contribution in [0.25, 0.3) is 0 Å². The highest BCUT2D eigenvalue weighted by atomic mass is 32.2. The van der Waals surface area contributed by atoms with E-state index in [0.29, 0.717) is 5.92 Å². The molecule has 2 N–H and O–H groups in total. The first-order chi connectivity index (χ1) is 10.2. The molecule has 2 nitrogen and oxygen atoms in total. The number of fused-ring (bicyclic) bond motifs is 1. The maximum Gasteiger partial charge on any atom is 0.119 e. The normalized spacial score (nSPS) is 18.3. The van der Waals surface area contributed by atoms with Crippen LogP contribution in [0.15, 0.2) is 53.4 Å². The van der Waals surface area contributed by atoms with Crippen LogP contribution in [0.2, 0.25) is 0 Å². The number of hydrogen-bond donors (Lipinski definition) is 1. The molecule has 2 atom stereocenters. The molecule has 0 saturated heterocycles. The molecule has 1 heterocycles. The lowest BCUT2D eigenvalue weighted by atomic mass is 10.0. The zero-order valence-corrected chi connectivity index (χ0v) is 13.1. The Labute approximate surface area is 130 Å². The average Bonchev–Trinajstić information content (AvgIpc) is 2.88. The summed E-state index contributed by atoms with van der Waals surface area (Å²) in [6, 6.07) is 17.1. The predicted octanol–water partition coefficient (Wildman–Crippen LogP) is 3.84. The summed E-state index contributed by atoms with van der Waals surface area (Å²) in [6.07, 6.45) is 0.888. The van der Waals surface area contributed by atoms with Crippen molar-refractivity contribution in [3.63, 3.8) is 0 Å². The quantitative estimate of drug-likeness (QED) is 0.911. The highest BCUT2D eigenvalue weighted by molar-refractivity contribution is 7.99. The van der Waals surface area contributed by atoms with Crippen LogP contribution in [-0.4, -0.2) is 18.4 Å². The van der Waals surface area contributed by atoms with Crippen LogP contribution in [0.5, 0.6) is 5.75 Å². The van der Waals surface area contributed by atoms with E-state index in [1.807, 2.05) is 30.8 Å². The lowest BCUT2D eigenvalue weighted by Crippen LogP contribution is -2.17. The third-order valence-corrected chi connectivity index (χ3v) is 4.96. The number of thioether (sulfide) groups is 1. The minimum Gasteiger partial charge on any atom is -0.493 e. The number of nitrogens with two attached hydrogens (primary N) is 1. The summed E-state index contributed by atoms with van der Waals surface area (Å²) in [5, 5.41) is 0. The van der Waals surface area contributed by atoms with Crippen LogP contribution in [0, 0.1) is 0 Å². The predicted molar refractivity (Wildman–Crippen MR) is 89.2 cm³/mol. The largest absolute Gasteiger partial charge is 0.493 e. The van der Waals surface area contributed by atoms with Crippen molar-refractivity contribution in [2.45, 2.75) is 30.2 Å². The molecule has 1 aliphatic heterocycles. The van der Waals surface area contributed by atoms with Crippen LogP contribution >= 0.6 is 11.8 Å². The first-order valence-electron chi connectivity index (χ1n) is 7.41. The van der Waals surface area contributed by atoms with Gasteiger partial charge in [-0.3, -0.25) is 0 Å². The smallest absolute Gasteiger partial charge is 0.119 e. The fourth-order valence-electron chi connectivity index (χ4n) is 2.70. The second kappa shape index (κ2) is 6.54. The van der Waals surface area contributed by atoms with E-state index in [2.05, 4.69) is 36.4 Å². The Morgan fingerprint density at radius 3 is 2.95 bits per heavy atom. The van der Waals surface area contributed by atoms with Crippen molar-refractivity contribution in [3.8, 4) is 5.75 Å². The molecule has 0 radical (unpaired) electrons. The van der Waals surface area contributed by atoms with Crippen LogP contribution < -0.4 is 10.5 Å². The fourth-order valence-corrected chi connectivity index (χ4v) is 3.93. The van der Waals surface area contributed by atoms with Crippen LogP contribution in [-0.2, 0) is 6.42 Å². The zero-order valence-electron chi connectivity index (χ0n) is 12.3. The van der Waals surface area contributed by atoms with Gasteiger partial charge in [0.1, 0.15) is 5.75 Å². The maximum absolute atomic E-state index is 6.01. The average molecular weight is 299 g/mol. The van der Waals surface area contributed by atoms with E-state index in [0.717, 1.165) is 24.5 Å². The molecule has 0 bridgehead atoms. The van der Waals surface area contributed by atoms with E-state index in [1.54, 1.807) is 0 Å². The van der Waals surface area contributed by atoms with Crippen molar-refractivity contribution in [1.82, 2.24) is 0 Å². The molecular weight excluding hydrogens is 278 g/mol. The summed E-state index contributed by atoms with van der Waals surface area (Å²) < 4.78 is 6.01. The minimum atomic E-state index is 0.179. The van der Waals surface area contributed by atoms with Gasteiger partial charge >= 0.3 is 0 Å². The third-order valence-electron chi connectivity index (χ3n) is 3.71. The van der Waals surface area contributed by atoms with Crippen molar-refractivity contribution in [1.29, 1.82) is 0 Å². The second-order valence-electron chi connectivity index (χ2n) is 5.69. The molecule has 0 aromatic heterocycles. The molecule has 21 heavy (non-hydrogen) atoms. The summed E-state index contributed by atoms with van der Waals surface area (Å²) in [6.45, 7) is 2.77. The lowest BCUT2D eigenvalue weighted by Gasteiger charge is -2.14. The van der Waals surface area contributed by atoms with Gasteiger partial charge < -0.3 is 10.5 Å². The number of benzene rings is 2. The highest BCUT2D eigenvalue weighted by Crippen LogP contribution is 2.39. The maximum atomic E-state index is 6.01. The van der Waals surface area contributed by atoms with Gasteiger partial charge in [-0.2, -0.15) is 0 Å². The van der Waals surface area contributed by atoms with Crippen molar-refractivity contribution in [3.05, 3.63) is 59.7 Å². The van der Waals surface area contributed by atoms with E-state index >= 15 is 0 Å². The monoisotopic (exact) mass is 299 g/mol. The Kier molecular flexibility index (Phi) is 4.51. The molecule has 0 saturated carbocycles. The Morgan fingerprint density at radius 2 is 2.10 bits per heavy atom. The van der Waals surface area contributed by atoms with Crippen LogP contribution in [0.4, 0.5) is 0 Å². The summed E-state index contributed by atoms with van der Waals surface area (Å²) in [4.78, 5) is 1.40. The Balaban J connectivity index is 1.63. The fraction of sp³-hybridized carbons (Fsp3) is 0.333. The SMILES string of the molecule is CC(N)Cc1cccc(OCC2CSc3ccccc32)c1. The first-order valence-corrected chi connectivity index (χ1v) is 8.40. The summed E-state index contributed by atoms with van der Waals surface area (Å²) in [7, 11) is 0. The summed E-state index contributed by atoms with van der Waals surface area (Å²) in [5.74, 6) is 2.55. The molecule has 110 valence electrons. The van der Waals surface area contributed by atoms with E-state index in [4.69, 9.17) is 10.5 Å². The van der Waals surface area contributed by atoms with Gasteiger partial charge in [0.05, 0.1) is 6.61 Å². The van der Waals surface area contributed by atoms with Gasteiger partial charge in [0.2, 0.25) is 0 Å². The molecule has 1 aliphatic rings. The number of rotatable bonds is 5. The molecule has 3 rings (SSSR count). The Morgan fingerprint density at radius 1 is 1.24 bits per heavy atom. The zero-order chi connectivity index (χ0) is 14.7. The number of hydrogen-bond acceptors (Lipinski definition) is 3. The molecule has 2 aromatic carbocycles. The van der Waals surface area contributed by atoms with Gasteiger partial charge in [0, 0.05) is 22.6 Å². The van der Waals surface area contributed by atoms with Crippen molar-refractivity contribution >= 4 is 11.8 Å². The summed E-state index contributed by atoms with van der Waals surface area (Å²) >= 11 is 1.93. The minimum absolute atomic E-state index is 0.179. The van der Waals surface area contributed by atoms with E-state index in [9.17, 15) is 0 Å². The molecule has 0 spiro atoms. The molecule has 2 aromatic rings. The second-order valence-corrected chi connectivity index (χ2v) is 6.75. The highest BCUT2D eigenvalue weighted by Gasteiger charge is 2.23. The van der Waals surface area contributed by atoms with E-state index < -0.39 is 0 Å². The molecule has 3 heteroatoms. The van der Waals surface area contributed by atoms with E-state index in [-0.39, 0.29) is 6.04 Å². The first kappa shape index (κ1) is 14.5. The molecule has 0 aliphatic carbocycles. The lowest BCUT2D eigenvalue weighted by molar-refractivity contribution is 0.297. The number of ether oxygens (including phenoxy) is 1. The van der Waals surface area contributed by atoms with E-state index in [1.165, 1.54) is 16.0 Å². The van der Waals surface area contributed by atoms with Gasteiger partial charge in [-0.1, -0.05) is 30.3 Å². The topological polar surface area (TPSA) is 35.2 Å². The van der Waals surface area contributed by atoms with Crippen LogP contribution in [0.1, 0.15) is 24.0 Å². The molecule has 0 fully saturated rings. The van der Waals surface area contributed by atoms with Crippen molar-refractivity contribution in [2.24, 2.45) is 5.73 Å². The molecular formula is C18H21NOS. The Bertz CT molecular complexity index is 612. The van der Waals surface area contributed by atoms with Gasteiger partial charge in [-0.05, 0) is 42.7 Å².